The van der Waals surface area contributed by atoms with Crippen molar-refractivity contribution in [1.82, 2.24) is 10.2 Å². The highest BCUT2D eigenvalue weighted by atomic mass is 19.1. The summed E-state index contributed by atoms with van der Waals surface area (Å²) in [5.74, 6) is 0.0313. The summed E-state index contributed by atoms with van der Waals surface area (Å²) in [5, 5.41) is 5.85. The summed E-state index contributed by atoms with van der Waals surface area (Å²) < 4.78 is 43.6. The number of carbonyl (C=O) groups excluding carboxylic acids is 2. The smallest absolute Gasteiger partial charge is 0.415 e. The second-order valence-electron chi connectivity index (χ2n) is 10.1. The monoisotopic (exact) mass is 587 g/mol. The molecule has 10 heteroatoms. The van der Waals surface area contributed by atoms with Crippen LogP contribution in [0.1, 0.15) is 17.9 Å². The number of amides is 3. The van der Waals surface area contributed by atoms with Crippen LogP contribution in [0.4, 0.5) is 24.1 Å². The standard InChI is InChI=1S/C33H31F2N3O5/c1-41-27-6-3-5-26(18-27)36-32(39)37-31-20-38(33(40)43-29-8-4-7-28(19-29)42-2)14-13-30(31)22-11-9-21(10-12-22)23-15-24(34)17-25(35)16-23/h3-12,15-19,30-31H,13-14,20H2,1-2H3,(H2,36,37,39)/t30-,31+/m1/s1. The van der Waals surface area contributed by atoms with Gasteiger partial charge in [0.25, 0.3) is 0 Å². The van der Waals surface area contributed by atoms with Crippen molar-refractivity contribution in [3.05, 3.63) is 108 Å². The average molecular weight is 588 g/mol. The molecule has 2 N–H and O–H groups in total. The largest absolute Gasteiger partial charge is 0.497 e. The Morgan fingerprint density at radius 3 is 2.14 bits per heavy atom. The lowest BCUT2D eigenvalue weighted by molar-refractivity contribution is 0.127. The molecule has 1 heterocycles. The van der Waals surface area contributed by atoms with Crippen molar-refractivity contribution in [2.24, 2.45) is 0 Å². The van der Waals surface area contributed by atoms with Crippen LogP contribution >= 0.6 is 0 Å². The summed E-state index contributed by atoms with van der Waals surface area (Å²) >= 11 is 0. The lowest BCUT2D eigenvalue weighted by Gasteiger charge is -2.38. The van der Waals surface area contributed by atoms with Crippen molar-refractivity contribution in [2.45, 2.75) is 18.4 Å². The van der Waals surface area contributed by atoms with E-state index in [4.69, 9.17) is 14.2 Å². The number of benzene rings is 4. The Labute approximate surface area is 248 Å². The molecule has 0 saturated carbocycles. The number of hydrogen-bond donors (Lipinski definition) is 2. The van der Waals surface area contributed by atoms with Gasteiger partial charge in [-0.15, -0.1) is 0 Å². The molecule has 0 unspecified atom stereocenters. The molecule has 222 valence electrons. The summed E-state index contributed by atoms with van der Waals surface area (Å²) in [6, 6.07) is 23.5. The second kappa shape index (κ2) is 13.2. The van der Waals surface area contributed by atoms with Crippen molar-refractivity contribution >= 4 is 17.8 Å². The number of rotatable bonds is 7. The number of hydrogen-bond acceptors (Lipinski definition) is 5. The van der Waals surface area contributed by atoms with Gasteiger partial charge in [0.15, 0.2) is 0 Å². The average Bonchev–Trinajstić information content (AvgIpc) is 3.00. The van der Waals surface area contributed by atoms with Gasteiger partial charge in [0, 0.05) is 42.9 Å². The van der Waals surface area contributed by atoms with Gasteiger partial charge in [0.05, 0.1) is 20.3 Å². The zero-order chi connectivity index (χ0) is 30.3. The van der Waals surface area contributed by atoms with Crippen LogP contribution < -0.4 is 24.8 Å². The van der Waals surface area contributed by atoms with E-state index in [-0.39, 0.29) is 12.5 Å². The molecule has 43 heavy (non-hydrogen) atoms. The molecule has 1 aliphatic heterocycles. The molecule has 2 atom stereocenters. The fourth-order valence-electron chi connectivity index (χ4n) is 5.17. The number of anilines is 1. The summed E-state index contributed by atoms with van der Waals surface area (Å²) in [6.07, 6.45) is -0.0131. The van der Waals surface area contributed by atoms with Gasteiger partial charge in [-0.05, 0) is 59.5 Å². The number of methoxy groups -OCH3 is 2. The van der Waals surface area contributed by atoms with Crippen LogP contribution in [0, 0.1) is 11.6 Å². The summed E-state index contributed by atoms with van der Waals surface area (Å²) in [5.41, 5.74) is 2.53. The second-order valence-corrected chi connectivity index (χ2v) is 10.1. The van der Waals surface area contributed by atoms with E-state index >= 15 is 0 Å². The van der Waals surface area contributed by atoms with Crippen LogP contribution in [0.2, 0.25) is 0 Å². The Kier molecular flexibility index (Phi) is 9.05. The van der Waals surface area contributed by atoms with Crippen molar-refractivity contribution in [1.29, 1.82) is 0 Å². The Morgan fingerprint density at radius 2 is 1.44 bits per heavy atom. The first kappa shape index (κ1) is 29.4. The van der Waals surface area contributed by atoms with Gasteiger partial charge in [-0.3, -0.25) is 0 Å². The molecule has 4 aromatic rings. The van der Waals surface area contributed by atoms with Crippen molar-refractivity contribution in [3.8, 4) is 28.4 Å². The van der Waals surface area contributed by atoms with Gasteiger partial charge in [-0.25, -0.2) is 18.4 Å². The van der Waals surface area contributed by atoms with Crippen LogP contribution in [0.25, 0.3) is 11.1 Å². The molecular weight excluding hydrogens is 556 g/mol. The number of nitrogens with one attached hydrogen (secondary N) is 2. The van der Waals surface area contributed by atoms with E-state index in [1.807, 2.05) is 12.1 Å². The van der Waals surface area contributed by atoms with Crippen LogP contribution in [0.5, 0.6) is 17.2 Å². The summed E-state index contributed by atoms with van der Waals surface area (Å²) in [7, 11) is 3.07. The maximum atomic E-state index is 13.8. The number of ether oxygens (including phenoxy) is 3. The van der Waals surface area contributed by atoms with Crippen molar-refractivity contribution in [2.75, 3.05) is 32.6 Å². The van der Waals surface area contributed by atoms with E-state index in [1.54, 1.807) is 72.7 Å². The Hall–Kier alpha value is -5.12. The first-order valence-electron chi connectivity index (χ1n) is 13.7. The quantitative estimate of drug-likeness (QED) is 0.248. The van der Waals surface area contributed by atoms with E-state index < -0.39 is 29.8 Å². The molecule has 3 amide bonds. The predicted octanol–water partition coefficient (Wildman–Crippen LogP) is 6.83. The third-order valence-corrected chi connectivity index (χ3v) is 7.30. The summed E-state index contributed by atoms with van der Waals surface area (Å²) in [6.45, 7) is 0.579. The Bertz CT molecular complexity index is 1580. The molecule has 0 aliphatic carbocycles. The van der Waals surface area contributed by atoms with Crippen LogP contribution in [-0.2, 0) is 0 Å². The van der Waals surface area contributed by atoms with E-state index in [9.17, 15) is 18.4 Å². The lowest BCUT2D eigenvalue weighted by Crippen LogP contribution is -2.54. The normalized spacial score (nSPS) is 16.2. The van der Waals surface area contributed by atoms with Crippen LogP contribution in [-0.4, -0.2) is 50.4 Å². The van der Waals surface area contributed by atoms with E-state index in [2.05, 4.69) is 10.6 Å². The van der Waals surface area contributed by atoms with E-state index in [0.29, 0.717) is 47.0 Å². The maximum absolute atomic E-state index is 13.8. The number of piperidine rings is 1. The minimum atomic E-state index is -0.654. The highest BCUT2D eigenvalue weighted by Crippen LogP contribution is 2.32. The molecule has 4 aromatic carbocycles. The molecule has 0 aromatic heterocycles. The minimum Gasteiger partial charge on any atom is -0.497 e. The maximum Gasteiger partial charge on any atom is 0.415 e. The number of nitrogens with zero attached hydrogens (tertiary/aromatic N) is 1. The SMILES string of the molecule is COc1cccc(NC(=O)N[C@H]2CN(C(=O)Oc3cccc(OC)c3)CC[C@@H]2c2ccc(-c3cc(F)cc(F)c3)cc2)c1. The van der Waals surface area contributed by atoms with Crippen LogP contribution in [0.3, 0.4) is 0 Å². The van der Waals surface area contributed by atoms with Crippen LogP contribution in [0.15, 0.2) is 91.0 Å². The number of likely N-dealkylation sites (tertiary alicyclic amines) is 1. The molecule has 1 aliphatic rings. The molecular formula is C33H31F2N3O5. The molecule has 0 bridgehead atoms. The summed E-state index contributed by atoms with van der Waals surface area (Å²) in [4.78, 5) is 27.8. The van der Waals surface area contributed by atoms with Gasteiger partial charge in [-0.2, -0.15) is 0 Å². The molecule has 0 spiro atoms. The van der Waals surface area contributed by atoms with E-state index in [1.165, 1.54) is 19.2 Å². The molecule has 1 fully saturated rings. The first-order chi connectivity index (χ1) is 20.8. The predicted molar refractivity (Wildman–Crippen MR) is 159 cm³/mol. The third kappa shape index (κ3) is 7.40. The van der Waals surface area contributed by atoms with Gasteiger partial charge in [0.1, 0.15) is 28.9 Å². The zero-order valence-corrected chi connectivity index (χ0v) is 23.7. The van der Waals surface area contributed by atoms with Gasteiger partial charge >= 0.3 is 12.1 Å². The molecule has 1 saturated heterocycles. The fraction of sp³-hybridized carbons (Fsp3) is 0.212. The topological polar surface area (TPSA) is 89.1 Å². The van der Waals surface area contributed by atoms with Crippen molar-refractivity contribution in [3.63, 3.8) is 0 Å². The van der Waals surface area contributed by atoms with Gasteiger partial charge < -0.3 is 29.7 Å². The third-order valence-electron chi connectivity index (χ3n) is 7.30. The van der Waals surface area contributed by atoms with Gasteiger partial charge in [0.2, 0.25) is 0 Å². The Morgan fingerprint density at radius 1 is 0.791 bits per heavy atom. The molecule has 0 radical (unpaired) electrons. The highest BCUT2D eigenvalue weighted by molar-refractivity contribution is 5.89. The number of urea groups is 1. The fourth-order valence-corrected chi connectivity index (χ4v) is 5.17. The molecule has 8 nitrogen and oxygen atoms in total. The zero-order valence-electron chi connectivity index (χ0n) is 23.7. The van der Waals surface area contributed by atoms with Gasteiger partial charge in [-0.1, -0.05) is 36.4 Å². The minimum absolute atomic E-state index is 0.157. The first-order valence-corrected chi connectivity index (χ1v) is 13.7. The lowest BCUT2D eigenvalue weighted by atomic mass is 9.84. The number of halogens is 2. The molecule has 5 rings (SSSR count). The Balaban J connectivity index is 1.35. The highest BCUT2D eigenvalue weighted by Gasteiger charge is 2.34. The van der Waals surface area contributed by atoms with E-state index in [0.717, 1.165) is 11.6 Å². The number of carbonyl (C=O) groups is 2. The van der Waals surface area contributed by atoms with Crippen molar-refractivity contribution < 1.29 is 32.6 Å².